The number of aliphatic carboxylic acids is 1. The highest BCUT2D eigenvalue weighted by molar-refractivity contribution is 6.23. The SMILES string of the molecule is CC(C)C1=C[C@@]23CC[C@H]4[C@](C)(CCC[C@@]4(C)C(=O)O)[C@@H]2C[C@H]1[C@H]1C(=O)N(c2cccc(O)c2)C(=O)[C@@H]13. The minimum Gasteiger partial charge on any atom is -0.508 e. The summed E-state index contributed by atoms with van der Waals surface area (Å²) in [6, 6.07) is 6.43. The summed E-state index contributed by atoms with van der Waals surface area (Å²) in [4.78, 5) is 42.0. The Morgan fingerprint density at radius 2 is 1.83 bits per heavy atom. The monoisotopic (exact) mass is 491 g/mol. The second-order valence-electron chi connectivity index (χ2n) is 13.0. The van der Waals surface area contributed by atoms with Crippen molar-refractivity contribution in [1.29, 1.82) is 0 Å². The van der Waals surface area contributed by atoms with Gasteiger partial charge in [0.1, 0.15) is 5.75 Å². The van der Waals surface area contributed by atoms with E-state index in [0.29, 0.717) is 12.1 Å². The predicted molar refractivity (Wildman–Crippen MR) is 135 cm³/mol. The Morgan fingerprint density at radius 1 is 1.08 bits per heavy atom. The molecule has 5 aliphatic carbocycles. The van der Waals surface area contributed by atoms with Gasteiger partial charge in [-0.05, 0) is 80.2 Å². The molecule has 7 rings (SSSR count). The fourth-order valence-electron chi connectivity index (χ4n) is 9.84. The Balaban J connectivity index is 1.50. The van der Waals surface area contributed by atoms with Crippen molar-refractivity contribution >= 4 is 23.5 Å². The summed E-state index contributed by atoms with van der Waals surface area (Å²) < 4.78 is 0. The van der Waals surface area contributed by atoms with E-state index in [1.807, 2.05) is 6.92 Å². The molecule has 8 atom stereocenters. The number of carboxylic acids is 1. The molecule has 1 aliphatic heterocycles. The maximum absolute atomic E-state index is 14.2. The van der Waals surface area contributed by atoms with Crippen LogP contribution in [0.3, 0.4) is 0 Å². The molecule has 2 bridgehead atoms. The van der Waals surface area contributed by atoms with E-state index in [1.54, 1.807) is 18.2 Å². The van der Waals surface area contributed by atoms with E-state index in [0.717, 1.165) is 32.1 Å². The molecular weight excluding hydrogens is 454 g/mol. The summed E-state index contributed by atoms with van der Waals surface area (Å²) in [7, 11) is 0. The molecule has 1 aromatic rings. The number of carbonyl (C=O) groups excluding carboxylic acids is 2. The van der Waals surface area contributed by atoms with Crippen LogP contribution in [0.15, 0.2) is 35.9 Å². The standard InChI is InChI=1S/C30H37NO5/c1-16(2)20-15-30-12-9-21-28(3,10-6-11-29(21,4)27(35)36)22(30)14-19(20)23-24(30)26(34)31(25(23)33)17-7-5-8-18(32)13-17/h5,7-8,13,15-16,19,21-24,32H,6,9-12,14H2,1-4H3,(H,35,36)/t19-,21+,22+,23-,24-,28+,29-,30+/m1/s1. The van der Waals surface area contributed by atoms with Crippen LogP contribution < -0.4 is 4.90 Å². The first-order valence-electron chi connectivity index (χ1n) is 13.6. The Hall–Kier alpha value is -2.63. The molecule has 0 aromatic heterocycles. The molecule has 36 heavy (non-hydrogen) atoms. The van der Waals surface area contributed by atoms with Crippen molar-refractivity contribution in [2.75, 3.05) is 4.90 Å². The van der Waals surface area contributed by atoms with Crippen LogP contribution in [0.4, 0.5) is 5.69 Å². The largest absolute Gasteiger partial charge is 0.508 e. The van der Waals surface area contributed by atoms with Gasteiger partial charge in [-0.25, -0.2) is 4.90 Å². The van der Waals surface area contributed by atoms with E-state index in [9.17, 15) is 24.6 Å². The number of fused-ring (bicyclic) bond motifs is 1. The van der Waals surface area contributed by atoms with Crippen LogP contribution in [0.5, 0.6) is 5.75 Å². The third kappa shape index (κ3) is 2.76. The summed E-state index contributed by atoms with van der Waals surface area (Å²) in [6.07, 6.45) is 7.30. The number of nitrogens with zero attached hydrogens (tertiary/aromatic N) is 1. The van der Waals surface area contributed by atoms with Gasteiger partial charge in [0.05, 0.1) is 22.9 Å². The Morgan fingerprint density at radius 3 is 2.50 bits per heavy atom. The van der Waals surface area contributed by atoms with Gasteiger partial charge in [0, 0.05) is 11.5 Å². The number of phenols is 1. The fraction of sp³-hybridized carbons (Fsp3) is 0.633. The Kier molecular flexibility index (Phi) is 4.92. The minimum absolute atomic E-state index is 0.00535. The summed E-state index contributed by atoms with van der Waals surface area (Å²) in [5.74, 6) is -1.24. The molecule has 2 N–H and O–H groups in total. The van der Waals surface area contributed by atoms with Gasteiger partial charge < -0.3 is 10.2 Å². The third-order valence-corrected chi connectivity index (χ3v) is 11.2. The summed E-state index contributed by atoms with van der Waals surface area (Å²) >= 11 is 0. The number of rotatable bonds is 3. The number of imide groups is 1. The first-order chi connectivity index (χ1) is 17.0. The van der Waals surface area contributed by atoms with Crippen molar-refractivity contribution in [3.63, 3.8) is 0 Å². The van der Waals surface area contributed by atoms with Crippen LogP contribution in [0.1, 0.15) is 66.2 Å². The topological polar surface area (TPSA) is 94.9 Å². The number of carbonyl (C=O) groups is 3. The van der Waals surface area contributed by atoms with Gasteiger partial charge in [0.15, 0.2) is 0 Å². The molecule has 6 nitrogen and oxygen atoms in total. The van der Waals surface area contributed by atoms with Crippen molar-refractivity contribution < 1.29 is 24.6 Å². The van der Waals surface area contributed by atoms with Crippen LogP contribution in [-0.2, 0) is 14.4 Å². The van der Waals surface area contributed by atoms with Gasteiger partial charge in [-0.3, -0.25) is 14.4 Å². The predicted octanol–water partition coefficient (Wildman–Crippen LogP) is 5.41. The molecule has 1 aromatic carbocycles. The molecule has 0 radical (unpaired) electrons. The quantitative estimate of drug-likeness (QED) is 0.436. The Labute approximate surface area is 212 Å². The molecule has 0 unspecified atom stereocenters. The van der Waals surface area contributed by atoms with E-state index in [1.165, 1.54) is 16.5 Å². The van der Waals surface area contributed by atoms with Gasteiger partial charge in [-0.2, -0.15) is 0 Å². The molecule has 3 saturated carbocycles. The lowest BCUT2D eigenvalue weighted by molar-refractivity contribution is -0.194. The average Bonchev–Trinajstić information content (AvgIpc) is 3.10. The molecule has 6 heteroatoms. The third-order valence-electron chi connectivity index (χ3n) is 11.2. The number of phenolic OH excluding ortho intramolecular Hbond substituents is 1. The zero-order chi connectivity index (χ0) is 25.8. The number of carboxylic acid groups (broad SMARTS) is 1. The first-order valence-corrected chi connectivity index (χ1v) is 13.6. The van der Waals surface area contributed by atoms with Gasteiger partial charge in [-0.15, -0.1) is 0 Å². The van der Waals surface area contributed by atoms with Crippen molar-refractivity contribution in [2.24, 2.45) is 51.8 Å². The fourth-order valence-corrected chi connectivity index (χ4v) is 9.84. The lowest BCUT2D eigenvalue weighted by Crippen LogP contribution is -2.65. The maximum Gasteiger partial charge on any atom is 0.309 e. The highest BCUT2D eigenvalue weighted by Crippen LogP contribution is 2.74. The van der Waals surface area contributed by atoms with Crippen LogP contribution >= 0.6 is 0 Å². The molecule has 2 amide bonds. The van der Waals surface area contributed by atoms with Gasteiger partial charge in [-0.1, -0.05) is 44.9 Å². The van der Waals surface area contributed by atoms with Crippen molar-refractivity contribution in [3.8, 4) is 5.75 Å². The van der Waals surface area contributed by atoms with Gasteiger partial charge >= 0.3 is 5.97 Å². The molecule has 1 spiro atoms. The van der Waals surface area contributed by atoms with E-state index >= 15 is 0 Å². The number of hydrogen-bond acceptors (Lipinski definition) is 4. The van der Waals surface area contributed by atoms with Crippen LogP contribution in [0.2, 0.25) is 0 Å². The van der Waals surface area contributed by atoms with Crippen LogP contribution in [0, 0.1) is 51.8 Å². The number of anilines is 1. The van der Waals surface area contributed by atoms with Crippen LogP contribution in [0.25, 0.3) is 0 Å². The molecule has 1 saturated heterocycles. The smallest absolute Gasteiger partial charge is 0.309 e. The molecule has 192 valence electrons. The number of allylic oxidation sites excluding steroid dienone is 2. The number of benzene rings is 1. The van der Waals surface area contributed by atoms with Gasteiger partial charge in [0.25, 0.3) is 0 Å². The summed E-state index contributed by atoms with van der Waals surface area (Å²) in [6.45, 7) is 8.58. The maximum atomic E-state index is 14.2. The van der Waals surface area contributed by atoms with Crippen molar-refractivity contribution in [1.82, 2.24) is 0 Å². The zero-order valence-electron chi connectivity index (χ0n) is 21.7. The molecule has 6 aliphatic rings. The summed E-state index contributed by atoms with van der Waals surface area (Å²) in [5, 5.41) is 20.3. The van der Waals surface area contributed by atoms with Crippen molar-refractivity contribution in [3.05, 3.63) is 35.9 Å². The van der Waals surface area contributed by atoms with E-state index in [2.05, 4.69) is 26.8 Å². The van der Waals surface area contributed by atoms with E-state index < -0.39 is 22.7 Å². The Bertz CT molecular complexity index is 1200. The second-order valence-corrected chi connectivity index (χ2v) is 13.0. The second kappa shape index (κ2) is 7.45. The highest BCUT2D eigenvalue weighted by atomic mass is 16.4. The van der Waals surface area contributed by atoms with Crippen LogP contribution in [-0.4, -0.2) is 28.0 Å². The number of hydrogen-bond donors (Lipinski definition) is 2. The zero-order valence-corrected chi connectivity index (χ0v) is 21.7. The van der Waals surface area contributed by atoms with Crippen molar-refractivity contribution in [2.45, 2.75) is 66.2 Å². The first kappa shape index (κ1) is 23.7. The highest BCUT2D eigenvalue weighted by Gasteiger charge is 2.73. The van der Waals surface area contributed by atoms with E-state index in [-0.39, 0.29) is 52.6 Å². The minimum atomic E-state index is -0.752. The molecule has 1 heterocycles. The molecule has 4 fully saturated rings. The van der Waals surface area contributed by atoms with E-state index in [4.69, 9.17) is 0 Å². The molecular formula is C30H37NO5. The lowest BCUT2D eigenvalue weighted by Gasteiger charge is -2.68. The van der Waals surface area contributed by atoms with Gasteiger partial charge in [0.2, 0.25) is 11.8 Å². The average molecular weight is 492 g/mol. The normalized spacial score (nSPS) is 43.2. The summed E-state index contributed by atoms with van der Waals surface area (Å²) in [5.41, 5.74) is 0.366. The number of aromatic hydroxyl groups is 1. The lowest BCUT2D eigenvalue weighted by atomic mass is 9.34. The number of amides is 2.